The van der Waals surface area contributed by atoms with E-state index in [4.69, 9.17) is 0 Å². The fourth-order valence-electron chi connectivity index (χ4n) is 1.71. The molecule has 0 fully saturated rings. The van der Waals surface area contributed by atoms with Crippen molar-refractivity contribution >= 4 is 11.6 Å². The quantitative estimate of drug-likeness (QED) is 0.578. The van der Waals surface area contributed by atoms with Crippen LogP contribution in [0.1, 0.15) is 13.8 Å². The van der Waals surface area contributed by atoms with E-state index >= 15 is 0 Å². The van der Waals surface area contributed by atoms with Crippen LogP contribution in [-0.2, 0) is 9.59 Å². The maximum Gasteiger partial charge on any atom is 0.186 e. The third-order valence-electron chi connectivity index (χ3n) is 2.56. The van der Waals surface area contributed by atoms with Crippen LogP contribution in [0.5, 0.6) is 0 Å². The predicted molar refractivity (Wildman–Crippen MR) is 62.8 cm³/mol. The van der Waals surface area contributed by atoms with Crippen molar-refractivity contribution in [1.82, 2.24) is 0 Å². The zero-order valence-electron chi connectivity index (χ0n) is 9.28. The third-order valence-corrected chi connectivity index (χ3v) is 2.56. The Morgan fingerprint density at radius 2 is 1.06 bits per heavy atom. The van der Waals surface area contributed by atoms with Crippen LogP contribution < -0.4 is 0 Å². The molecule has 0 aromatic carbocycles. The summed E-state index contributed by atoms with van der Waals surface area (Å²) in [6.07, 6.45) is 10.0. The number of hydrogen-bond acceptors (Lipinski definition) is 2. The summed E-state index contributed by atoms with van der Waals surface area (Å²) < 4.78 is 0. The third kappa shape index (κ3) is 1.87. The summed E-state index contributed by atoms with van der Waals surface area (Å²) in [6.45, 7) is 3.81. The van der Waals surface area contributed by atoms with Crippen LogP contribution in [-0.4, -0.2) is 11.6 Å². The number of ketones is 2. The van der Waals surface area contributed by atoms with E-state index in [2.05, 4.69) is 0 Å². The van der Waals surface area contributed by atoms with Gasteiger partial charge in [-0.3, -0.25) is 9.59 Å². The van der Waals surface area contributed by atoms with Gasteiger partial charge in [0.15, 0.2) is 11.6 Å². The summed E-state index contributed by atoms with van der Waals surface area (Å²) in [5.74, 6) is -0.207. The maximum absolute atomic E-state index is 11.7. The average molecular weight is 212 g/mol. The molecule has 0 amide bonds. The van der Waals surface area contributed by atoms with Crippen molar-refractivity contribution in [2.45, 2.75) is 13.8 Å². The lowest BCUT2D eigenvalue weighted by molar-refractivity contribution is -0.113. The Morgan fingerprint density at radius 1 is 0.688 bits per heavy atom. The Labute approximate surface area is 94.3 Å². The standard InChI is InChI=1S/C14H12O2/c1-9-3-5-13(15)11(7-9)12-8-10(2)4-6-14(12)16/h3-8H,1-2H3/b12-11-. The molecule has 0 N–H and O–H groups in total. The first-order chi connectivity index (χ1) is 7.58. The van der Waals surface area contributed by atoms with Gasteiger partial charge in [-0.2, -0.15) is 0 Å². The van der Waals surface area contributed by atoms with E-state index in [1.807, 2.05) is 13.8 Å². The van der Waals surface area contributed by atoms with E-state index in [1.165, 1.54) is 12.2 Å². The van der Waals surface area contributed by atoms with Gasteiger partial charge in [0, 0.05) is 11.1 Å². The predicted octanol–water partition coefficient (Wildman–Crippen LogP) is 2.45. The molecule has 2 aliphatic carbocycles. The first-order valence-electron chi connectivity index (χ1n) is 5.13. The second-order valence-corrected chi connectivity index (χ2v) is 4.00. The molecule has 0 aromatic rings. The molecule has 0 saturated carbocycles. The normalized spacial score (nSPS) is 24.6. The van der Waals surface area contributed by atoms with E-state index in [1.54, 1.807) is 24.3 Å². The van der Waals surface area contributed by atoms with E-state index in [0.29, 0.717) is 11.1 Å². The van der Waals surface area contributed by atoms with Gasteiger partial charge in [0.1, 0.15) is 0 Å². The zero-order chi connectivity index (χ0) is 11.7. The molecular weight excluding hydrogens is 200 g/mol. The highest BCUT2D eigenvalue weighted by Gasteiger charge is 2.18. The molecule has 0 unspecified atom stereocenters. The minimum Gasteiger partial charge on any atom is -0.289 e. The maximum atomic E-state index is 11.7. The van der Waals surface area contributed by atoms with Crippen molar-refractivity contribution in [2.75, 3.05) is 0 Å². The van der Waals surface area contributed by atoms with Gasteiger partial charge < -0.3 is 0 Å². The van der Waals surface area contributed by atoms with E-state index < -0.39 is 0 Å². The smallest absolute Gasteiger partial charge is 0.186 e. The number of allylic oxidation sites excluding steroid dienone is 10. The van der Waals surface area contributed by atoms with Crippen LogP contribution in [0.2, 0.25) is 0 Å². The zero-order valence-corrected chi connectivity index (χ0v) is 9.28. The first-order valence-corrected chi connectivity index (χ1v) is 5.13. The van der Waals surface area contributed by atoms with Crippen molar-refractivity contribution in [3.8, 4) is 0 Å². The summed E-state index contributed by atoms with van der Waals surface area (Å²) in [6, 6.07) is 0. The largest absolute Gasteiger partial charge is 0.289 e. The molecule has 0 aromatic heterocycles. The molecule has 2 heteroatoms. The fraction of sp³-hybridized carbons (Fsp3) is 0.143. The van der Waals surface area contributed by atoms with Crippen molar-refractivity contribution in [3.63, 3.8) is 0 Å². The molecular formula is C14H12O2. The van der Waals surface area contributed by atoms with Crippen molar-refractivity contribution in [1.29, 1.82) is 0 Å². The molecule has 0 aliphatic heterocycles. The Morgan fingerprint density at radius 3 is 1.44 bits per heavy atom. The summed E-state index contributed by atoms with van der Waals surface area (Å²) in [5.41, 5.74) is 2.95. The van der Waals surface area contributed by atoms with Crippen LogP contribution in [0.4, 0.5) is 0 Å². The van der Waals surface area contributed by atoms with Gasteiger partial charge in [-0.05, 0) is 38.2 Å². The Kier molecular flexibility index (Phi) is 2.57. The van der Waals surface area contributed by atoms with Gasteiger partial charge in [-0.25, -0.2) is 0 Å². The van der Waals surface area contributed by atoms with Gasteiger partial charge in [0.25, 0.3) is 0 Å². The molecule has 0 bridgehead atoms. The Balaban J connectivity index is 2.57. The summed E-state index contributed by atoms with van der Waals surface area (Å²) in [7, 11) is 0. The molecule has 16 heavy (non-hydrogen) atoms. The highest BCUT2D eigenvalue weighted by molar-refractivity contribution is 6.18. The second-order valence-electron chi connectivity index (χ2n) is 4.00. The number of rotatable bonds is 0. The minimum atomic E-state index is -0.103. The lowest BCUT2D eigenvalue weighted by atomic mass is 9.91. The molecule has 2 rings (SSSR count). The van der Waals surface area contributed by atoms with Crippen LogP contribution in [0.3, 0.4) is 0 Å². The second kappa shape index (κ2) is 3.89. The summed E-state index contributed by atoms with van der Waals surface area (Å²) in [4.78, 5) is 23.4. The highest BCUT2D eigenvalue weighted by Crippen LogP contribution is 2.22. The number of hydrogen-bond donors (Lipinski definition) is 0. The van der Waals surface area contributed by atoms with Gasteiger partial charge in [0.05, 0.1) is 0 Å². The molecule has 0 heterocycles. The lowest BCUT2D eigenvalue weighted by Gasteiger charge is -2.11. The van der Waals surface area contributed by atoms with Crippen molar-refractivity contribution < 1.29 is 9.59 Å². The van der Waals surface area contributed by atoms with Gasteiger partial charge in [-0.1, -0.05) is 23.3 Å². The van der Waals surface area contributed by atoms with Crippen molar-refractivity contribution in [3.05, 3.63) is 58.7 Å². The molecule has 0 saturated heterocycles. The summed E-state index contributed by atoms with van der Waals surface area (Å²) >= 11 is 0. The van der Waals surface area contributed by atoms with Crippen LogP contribution in [0, 0.1) is 0 Å². The van der Waals surface area contributed by atoms with E-state index in [-0.39, 0.29) is 11.6 Å². The van der Waals surface area contributed by atoms with Gasteiger partial charge in [-0.15, -0.1) is 0 Å². The summed E-state index contributed by atoms with van der Waals surface area (Å²) in [5, 5.41) is 0. The number of carbonyl (C=O) groups is 2. The van der Waals surface area contributed by atoms with Crippen LogP contribution in [0.25, 0.3) is 0 Å². The highest BCUT2D eigenvalue weighted by atomic mass is 16.1. The van der Waals surface area contributed by atoms with Crippen molar-refractivity contribution in [2.24, 2.45) is 0 Å². The fourth-order valence-corrected chi connectivity index (χ4v) is 1.71. The van der Waals surface area contributed by atoms with Crippen LogP contribution >= 0.6 is 0 Å². The Bertz CT molecular complexity index is 475. The van der Waals surface area contributed by atoms with Gasteiger partial charge >= 0.3 is 0 Å². The first kappa shape index (κ1) is 10.6. The Hall–Kier alpha value is -1.96. The lowest BCUT2D eigenvalue weighted by Crippen LogP contribution is -2.11. The van der Waals surface area contributed by atoms with Crippen LogP contribution in [0.15, 0.2) is 58.7 Å². The molecule has 2 nitrogen and oxygen atoms in total. The SMILES string of the molecule is CC1=C/C(=C2\C=C(C)C=CC2=O)C(=O)C=C1. The molecule has 80 valence electrons. The van der Waals surface area contributed by atoms with E-state index in [0.717, 1.165) is 11.1 Å². The van der Waals surface area contributed by atoms with E-state index in [9.17, 15) is 9.59 Å². The monoisotopic (exact) mass is 212 g/mol. The molecule has 0 atom stereocenters. The topological polar surface area (TPSA) is 34.1 Å². The molecule has 2 aliphatic rings. The van der Waals surface area contributed by atoms with Gasteiger partial charge in [0.2, 0.25) is 0 Å². The minimum absolute atomic E-state index is 0.103. The molecule has 0 spiro atoms. The average Bonchev–Trinajstić information content (AvgIpc) is 2.25. The number of carbonyl (C=O) groups excluding carboxylic acids is 2. The molecule has 0 radical (unpaired) electrons.